The Kier molecular flexibility index (Phi) is 5.21. The van der Waals surface area contributed by atoms with Crippen LogP contribution in [0.15, 0.2) is 5.16 Å². The number of rotatable bonds is 5. The van der Waals surface area contributed by atoms with Crippen LogP contribution >= 0.6 is 0 Å². The Morgan fingerprint density at radius 3 is 2.88 bits per heavy atom. The molecule has 1 aliphatic rings. The largest absolute Gasteiger partial charge is 0.409 e. The summed E-state index contributed by atoms with van der Waals surface area (Å²) >= 11 is 0. The van der Waals surface area contributed by atoms with Gasteiger partial charge >= 0.3 is 0 Å². The molecule has 0 saturated carbocycles. The van der Waals surface area contributed by atoms with Crippen LogP contribution in [-0.4, -0.2) is 46.7 Å². The molecule has 1 rings (SSSR count). The highest BCUT2D eigenvalue weighted by Gasteiger charge is 2.31. The van der Waals surface area contributed by atoms with E-state index >= 15 is 0 Å². The highest BCUT2D eigenvalue weighted by atomic mass is 16.4. The first kappa shape index (κ1) is 13.8. The molecule has 1 heterocycles. The molecule has 1 fully saturated rings. The van der Waals surface area contributed by atoms with E-state index in [0.717, 1.165) is 12.8 Å². The van der Waals surface area contributed by atoms with Crippen LogP contribution in [0.1, 0.15) is 26.2 Å². The number of likely N-dealkylation sites (tertiary alicyclic amines) is 1. The molecule has 6 nitrogen and oxygen atoms in total. The van der Waals surface area contributed by atoms with Crippen LogP contribution in [0.4, 0.5) is 0 Å². The summed E-state index contributed by atoms with van der Waals surface area (Å²) < 4.78 is 0. The van der Waals surface area contributed by atoms with Crippen molar-refractivity contribution in [3.8, 4) is 0 Å². The molecule has 0 aromatic carbocycles. The van der Waals surface area contributed by atoms with Crippen molar-refractivity contribution in [2.75, 3.05) is 19.7 Å². The van der Waals surface area contributed by atoms with Gasteiger partial charge < -0.3 is 20.9 Å². The first-order valence-corrected chi connectivity index (χ1v) is 6.01. The van der Waals surface area contributed by atoms with Gasteiger partial charge in [0.05, 0.1) is 5.92 Å². The predicted octanol–water partition coefficient (Wildman–Crippen LogP) is -0.0101. The summed E-state index contributed by atoms with van der Waals surface area (Å²) in [6, 6.07) is 0. The summed E-state index contributed by atoms with van der Waals surface area (Å²) in [4.78, 5) is 13.9. The molecule has 0 radical (unpaired) electrons. The van der Waals surface area contributed by atoms with Crippen molar-refractivity contribution >= 4 is 11.7 Å². The van der Waals surface area contributed by atoms with E-state index in [4.69, 9.17) is 16.0 Å². The van der Waals surface area contributed by atoms with Crippen LogP contribution in [0, 0.1) is 11.8 Å². The standard InChI is InChI=1S/C11H21N3O3/c1-2-9(10(12)13-17)11(16)14-5-3-8(7-14)4-6-15/h8-9,15,17H,2-7H2,1H3,(H2,12,13). The predicted molar refractivity (Wildman–Crippen MR) is 63.6 cm³/mol. The average molecular weight is 243 g/mol. The molecule has 0 aliphatic carbocycles. The zero-order valence-electron chi connectivity index (χ0n) is 10.2. The summed E-state index contributed by atoms with van der Waals surface area (Å²) in [6.45, 7) is 3.35. The molecule has 6 heteroatoms. The third kappa shape index (κ3) is 3.33. The minimum absolute atomic E-state index is 0.0249. The molecular weight excluding hydrogens is 222 g/mol. The molecule has 2 atom stereocenters. The summed E-state index contributed by atoms with van der Waals surface area (Å²) in [7, 11) is 0. The van der Waals surface area contributed by atoms with Crippen LogP contribution in [0.25, 0.3) is 0 Å². The Hall–Kier alpha value is -1.30. The molecule has 0 spiro atoms. The number of nitrogens with two attached hydrogens (primary N) is 1. The van der Waals surface area contributed by atoms with Gasteiger partial charge in [-0.25, -0.2) is 0 Å². The van der Waals surface area contributed by atoms with Gasteiger partial charge in [-0.15, -0.1) is 0 Å². The zero-order valence-corrected chi connectivity index (χ0v) is 10.2. The Morgan fingerprint density at radius 1 is 1.65 bits per heavy atom. The lowest BCUT2D eigenvalue weighted by Gasteiger charge is -2.21. The van der Waals surface area contributed by atoms with Crippen molar-refractivity contribution in [3.63, 3.8) is 0 Å². The number of amides is 1. The van der Waals surface area contributed by atoms with Gasteiger partial charge in [0.15, 0.2) is 5.84 Å². The molecule has 4 N–H and O–H groups in total. The molecule has 1 aliphatic heterocycles. The number of nitrogens with zero attached hydrogens (tertiary/aromatic N) is 2. The fraction of sp³-hybridized carbons (Fsp3) is 0.818. The molecule has 1 saturated heterocycles. The Balaban J connectivity index is 2.58. The Labute approximate surface area is 101 Å². The number of hydrogen-bond donors (Lipinski definition) is 3. The number of aliphatic hydroxyl groups excluding tert-OH is 1. The smallest absolute Gasteiger partial charge is 0.233 e. The molecular formula is C11H21N3O3. The maximum absolute atomic E-state index is 12.1. The summed E-state index contributed by atoms with van der Waals surface area (Å²) in [5, 5.41) is 20.4. The van der Waals surface area contributed by atoms with E-state index in [-0.39, 0.29) is 18.3 Å². The molecule has 0 aromatic heterocycles. The van der Waals surface area contributed by atoms with Crippen molar-refractivity contribution in [2.45, 2.75) is 26.2 Å². The summed E-state index contributed by atoms with van der Waals surface area (Å²) in [5.74, 6) is -0.270. The van der Waals surface area contributed by atoms with E-state index in [1.54, 1.807) is 4.90 Å². The van der Waals surface area contributed by atoms with Gasteiger partial charge in [-0.3, -0.25) is 4.79 Å². The lowest BCUT2D eigenvalue weighted by Crippen LogP contribution is -2.40. The van der Waals surface area contributed by atoms with Crippen molar-refractivity contribution in [1.29, 1.82) is 0 Å². The number of oxime groups is 1. The third-order valence-electron chi connectivity index (χ3n) is 3.31. The van der Waals surface area contributed by atoms with Gasteiger partial charge in [-0.05, 0) is 25.2 Å². The Bertz CT molecular complexity index is 294. The fourth-order valence-electron chi connectivity index (χ4n) is 2.25. The van der Waals surface area contributed by atoms with Crippen molar-refractivity contribution in [2.24, 2.45) is 22.7 Å². The molecule has 1 amide bonds. The SMILES string of the molecule is CCC(C(=O)N1CCC(CCO)C1)C(N)=NO. The molecule has 2 unspecified atom stereocenters. The number of aliphatic hydroxyl groups is 1. The molecule has 98 valence electrons. The van der Waals surface area contributed by atoms with Gasteiger partial charge in [0.1, 0.15) is 0 Å². The van der Waals surface area contributed by atoms with Gasteiger partial charge in [0, 0.05) is 19.7 Å². The Morgan fingerprint density at radius 2 is 2.35 bits per heavy atom. The first-order chi connectivity index (χ1) is 8.13. The van der Waals surface area contributed by atoms with Crippen molar-refractivity contribution in [1.82, 2.24) is 4.90 Å². The lowest BCUT2D eigenvalue weighted by molar-refractivity contribution is -0.132. The van der Waals surface area contributed by atoms with Crippen LogP contribution in [0.3, 0.4) is 0 Å². The molecule has 0 bridgehead atoms. The maximum Gasteiger partial charge on any atom is 0.233 e. The second-order valence-corrected chi connectivity index (χ2v) is 4.44. The summed E-state index contributed by atoms with van der Waals surface area (Å²) in [6.07, 6.45) is 2.17. The fourth-order valence-corrected chi connectivity index (χ4v) is 2.25. The van der Waals surface area contributed by atoms with E-state index in [1.165, 1.54) is 0 Å². The van der Waals surface area contributed by atoms with Gasteiger partial charge in [-0.1, -0.05) is 12.1 Å². The maximum atomic E-state index is 12.1. The third-order valence-corrected chi connectivity index (χ3v) is 3.31. The normalized spacial score (nSPS) is 22.8. The zero-order chi connectivity index (χ0) is 12.8. The number of carbonyl (C=O) groups is 1. The van der Waals surface area contributed by atoms with Gasteiger partial charge in [-0.2, -0.15) is 0 Å². The lowest BCUT2D eigenvalue weighted by atomic mass is 10.0. The van der Waals surface area contributed by atoms with Crippen molar-refractivity contribution in [3.05, 3.63) is 0 Å². The highest BCUT2D eigenvalue weighted by Crippen LogP contribution is 2.21. The van der Waals surface area contributed by atoms with Gasteiger partial charge in [0.25, 0.3) is 0 Å². The van der Waals surface area contributed by atoms with E-state index < -0.39 is 5.92 Å². The second-order valence-electron chi connectivity index (χ2n) is 4.44. The van der Waals surface area contributed by atoms with Crippen LogP contribution in [-0.2, 0) is 4.79 Å². The highest BCUT2D eigenvalue weighted by molar-refractivity contribution is 6.02. The molecule has 17 heavy (non-hydrogen) atoms. The molecule has 0 aromatic rings. The monoisotopic (exact) mass is 243 g/mol. The number of hydrogen-bond acceptors (Lipinski definition) is 4. The van der Waals surface area contributed by atoms with Crippen LogP contribution < -0.4 is 5.73 Å². The number of amidine groups is 1. The van der Waals surface area contributed by atoms with E-state index in [0.29, 0.717) is 25.4 Å². The number of carbonyl (C=O) groups excluding carboxylic acids is 1. The van der Waals surface area contributed by atoms with Gasteiger partial charge in [0.2, 0.25) is 5.91 Å². The topological polar surface area (TPSA) is 99.2 Å². The van der Waals surface area contributed by atoms with Crippen molar-refractivity contribution < 1.29 is 15.1 Å². The van der Waals surface area contributed by atoms with E-state index in [1.807, 2.05) is 6.92 Å². The summed E-state index contributed by atoms with van der Waals surface area (Å²) in [5.41, 5.74) is 5.50. The minimum atomic E-state index is -0.534. The first-order valence-electron chi connectivity index (χ1n) is 6.01. The second kappa shape index (κ2) is 6.44. The minimum Gasteiger partial charge on any atom is -0.409 e. The van der Waals surface area contributed by atoms with Crippen LogP contribution in [0.2, 0.25) is 0 Å². The average Bonchev–Trinajstić information content (AvgIpc) is 2.78. The van der Waals surface area contributed by atoms with E-state index in [9.17, 15) is 4.79 Å². The van der Waals surface area contributed by atoms with E-state index in [2.05, 4.69) is 5.16 Å². The van der Waals surface area contributed by atoms with Crippen LogP contribution in [0.5, 0.6) is 0 Å². The quantitative estimate of drug-likeness (QED) is 0.274.